The summed E-state index contributed by atoms with van der Waals surface area (Å²) in [6.07, 6.45) is 2.63. The zero-order valence-corrected chi connectivity index (χ0v) is 16.0. The summed E-state index contributed by atoms with van der Waals surface area (Å²) in [7, 11) is 0. The summed E-state index contributed by atoms with van der Waals surface area (Å²) in [5, 5.41) is 0. The lowest BCUT2D eigenvalue weighted by atomic mass is 9.67. The fourth-order valence-corrected chi connectivity index (χ4v) is 4.40. The van der Waals surface area contributed by atoms with E-state index in [1.54, 1.807) is 0 Å². The SMILES string of the molecule is CC(C)(Br)[C@H]1CCC(=O)[C@@H](C(c2ccccc2)c2ccccc2)C1. The highest BCUT2D eigenvalue weighted by Gasteiger charge is 2.40. The molecule has 2 heteroatoms. The first kappa shape index (κ1) is 17.4. The molecule has 2 aromatic rings. The maximum absolute atomic E-state index is 12.8. The van der Waals surface area contributed by atoms with Gasteiger partial charge in [0.25, 0.3) is 0 Å². The Balaban J connectivity index is 2.00. The predicted molar refractivity (Wildman–Crippen MR) is 104 cm³/mol. The Morgan fingerprint density at radius 2 is 1.46 bits per heavy atom. The molecule has 0 radical (unpaired) electrons. The summed E-state index contributed by atoms with van der Waals surface area (Å²) >= 11 is 3.84. The first-order valence-electron chi connectivity index (χ1n) is 8.78. The number of hydrogen-bond acceptors (Lipinski definition) is 1. The summed E-state index contributed by atoms with van der Waals surface area (Å²) in [6, 6.07) is 21.0. The summed E-state index contributed by atoms with van der Waals surface area (Å²) in [5.74, 6) is 1.15. The summed E-state index contributed by atoms with van der Waals surface area (Å²) in [6.45, 7) is 4.45. The van der Waals surface area contributed by atoms with Crippen molar-refractivity contribution in [3.05, 3.63) is 71.8 Å². The Morgan fingerprint density at radius 3 is 1.92 bits per heavy atom. The number of Topliss-reactive ketones (excluding diaryl/α,β-unsaturated/α-hetero) is 1. The molecule has 0 saturated heterocycles. The van der Waals surface area contributed by atoms with Crippen LogP contribution in [0.5, 0.6) is 0 Å². The normalized spacial score (nSPS) is 21.9. The van der Waals surface area contributed by atoms with Crippen LogP contribution in [0.15, 0.2) is 60.7 Å². The molecule has 0 aliphatic heterocycles. The molecule has 3 rings (SSSR count). The van der Waals surface area contributed by atoms with Gasteiger partial charge in [-0.15, -0.1) is 0 Å². The number of halogens is 1. The van der Waals surface area contributed by atoms with Crippen molar-refractivity contribution in [2.45, 2.75) is 43.4 Å². The molecule has 1 saturated carbocycles. The standard InChI is InChI=1S/C22H25BrO/c1-22(2,23)18-13-14-20(24)19(15-18)21(16-9-5-3-6-10-16)17-11-7-4-8-12-17/h3-12,18-19,21H,13-15H2,1-2H3/t18-,19-/m0/s1. The molecule has 0 aromatic heterocycles. The van der Waals surface area contributed by atoms with E-state index in [0.29, 0.717) is 18.1 Å². The van der Waals surface area contributed by atoms with Crippen LogP contribution < -0.4 is 0 Å². The number of hydrogen-bond donors (Lipinski definition) is 0. The molecular weight excluding hydrogens is 360 g/mol. The van der Waals surface area contributed by atoms with Crippen molar-refractivity contribution in [1.29, 1.82) is 0 Å². The monoisotopic (exact) mass is 384 g/mol. The molecule has 1 nitrogen and oxygen atoms in total. The van der Waals surface area contributed by atoms with Gasteiger partial charge in [-0.1, -0.05) is 76.6 Å². The molecule has 0 N–H and O–H groups in total. The molecule has 0 heterocycles. The number of carbonyl (C=O) groups excluding carboxylic acids is 1. The van der Waals surface area contributed by atoms with E-state index in [2.05, 4.69) is 78.3 Å². The first-order valence-corrected chi connectivity index (χ1v) is 9.57. The van der Waals surface area contributed by atoms with E-state index in [1.165, 1.54) is 11.1 Å². The van der Waals surface area contributed by atoms with E-state index in [1.807, 2.05) is 12.1 Å². The van der Waals surface area contributed by atoms with E-state index in [9.17, 15) is 4.79 Å². The lowest BCUT2D eigenvalue weighted by molar-refractivity contribution is -0.126. The van der Waals surface area contributed by atoms with Crippen LogP contribution >= 0.6 is 15.9 Å². The Bertz CT molecular complexity index is 633. The van der Waals surface area contributed by atoms with Gasteiger partial charge in [0.05, 0.1) is 0 Å². The van der Waals surface area contributed by atoms with Crippen LogP contribution in [0, 0.1) is 11.8 Å². The number of rotatable bonds is 4. The quantitative estimate of drug-likeness (QED) is 0.592. The maximum Gasteiger partial charge on any atom is 0.136 e. The number of ketones is 1. The number of carbonyl (C=O) groups is 1. The Hall–Kier alpha value is -1.41. The van der Waals surface area contributed by atoms with Gasteiger partial charge in [-0.25, -0.2) is 0 Å². The number of benzene rings is 2. The Kier molecular flexibility index (Phi) is 5.24. The van der Waals surface area contributed by atoms with Crippen molar-refractivity contribution in [2.24, 2.45) is 11.8 Å². The third-order valence-electron chi connectivity index (χ3n) is 5.38. The molecule has 2 atom stereocenters. The largest absolute Gasteiger partial charge is 0.299 e. The molecule has 0 amide bonds. The molecule has 1 fully saturated rings. The second-order valence-corrected chi connectivity index (χ2v) is 9.45. The van der Waals surface area contributed by atoms with E-state index < -0.39 is 0 Å². The first-order chi connectivity index (χ1) is 11.5. The van der Waals surface area contributed by atoms with Crippen LogP contribution in [0.4, 0.5) is 0 Å². The van der Waals surface area contributed by atoms with E-state index in [-0.39, 0.29) is 16.2 Å². The highest BCUT2D eigenvalue weighted by molar-refractivity contribution is 9.10. The second-order valence-electron chi connectivity index (χ2n) is 7.41. The van der Waals surface area contributed by atoms with Crippen molar-refractivity contribution >= 4 is 21.7 Å². The zero-order valence-electron chi connectivity index (χ0n) is 14.4. The molecule has 0 spiro atoms. The maximum atomic E-state index is 12.8. The molecule has 0 unspecified atom stereocenters. The third kappa shape index (κ3) is 3.80. The molecule has 24 heavy (non-hydrogen) atoms. The smallest absolute Gasteiger partial charge is 0.136 e. The number of alkyl halides is 1. The van der Waals surface area contributed by atoms with Crippen molar-refractivity contribution in [1.82, 2.24) is 0 Å². The fraction of sp³-hybridized carbons (Fsp3) is 0.409. The minimum absolute atomic E-state index is 0.0605. The third-order valence-corrected chi connectivity index (χ3v) is 6.03. The topological polar surface area (TPSA) is 17.1 Å². The summed E-state index contributed by atoms with van der Waals surface area (Å²) in [4.78, 5) is 12.8. The molecule has 1 aliphatic carbocycles. The Morgan fingerprint density at radius 1 is 0.958 bits per heavy atom. The summed E-state index contributed by atoms with van der Waals surface area (Å²) in [5.41, 5.74) is 2.49. The van der Waals surface area contributed by atoms with E-state index in [4.69, 9.17) is 0 Å². The van der Waals surface area contributed by atoms with Gasteiger partial charge in [0.1, 0.15) is 5.78 Å². The van der Waals surface area contributed by atoms with Crippen LogP contribution in [0.1, 0.15) is 50.2 Å². The average Bonchev–Trinajstić information content (AvgIpc) is 2.58. The van der Waals surface area contributed by atoms with E-state index in [0.717, 1.165) is 12.8 Å². The summed E-state index contributed by atoms with van der Waals surface area (Å²) < 4.78 is 0.0733. The van der Waals surface area contributed by atoms with Crippen molar-refractivity contribution in [3.8, 4) is 0 Å². The van der Waals surface area contributed by atoms with Crippen molar-refractivity contribution in [3.63, 3.8) is 0 Å². The highest BCUT2D eigenvalue weighted by Crippen LogP contribution is 2.45. The van der Waals surface area contributed by atoms with Crippen LogP contribution in [0.25, 0.3) is 0 Å². The highest BCUT2D eigenvalue weighted by atomic mass is 79.9. The predicted octanol–water partition coefficient (Wildman–Crippen LogP) is 5.98. The van der Waals surface area contributed by atoms with Gasteiger partial charge in [0.15, 0.2) is 0 Å². The van der Waals surface area contributed by atoms with Gasteiger partial charge < -0.3 is 0 Å². The van der Waals surface area contributed by atoms with Gasteiger partial charge >= 0.3 is 0 Å². The minimum Gasteiger partial charge on any atom is -0.299 e. The van der Waals surface area contributed by atoms with Gasteiger partial charge in [0, 0.05) is 22.6 Å². The van der Waals surface area contributed by atoms with Crippen LogP contribution in [-0.2, 0) is 4.79 Å². The molecule has 126 valence electrons. The molecule has 2 aromatic carbocycles. The molecule has 0 bridgehead atoms. The van der Waals surface area contributed by atoms with Crippen molar-refractivity contribution in [2.75, 3.05) is 0 Å². The second kappa shape index (κ2) is 7.23. The molecule has 1 aliphatic rings. The van der Waals surface area contributed by atoms with E-state index >= 15 is 0 Å². The average molecular weight is 385 g/mol. The Labute approximate surface area is 153 Å². The van der Waals surface area contributed by atoms with Gasteiger partial charge in [-0.3, -0.25) is 4.79 Å². The van der Waals surface area contributed by atoms with Gasteiger partial charge in [0.2, 0.25) is 0 Å². The fourth-order valence-electron chi connectivity index (χ4n) is 3.98. The minimum atomic E-state index is 0.0605. The van der Waals surface area contributed by atoms with Crippen LogP contribution in [-0.4, -0.2) is 10.1 Å². The van der Waals surface area contributed by atoms with Crippen molar-refractivity contribution < 1.29 is 4.79 Å². The molecular formula is C22H25BrO. The van der Waals surface area contributed by atoms with Gasteiger partial charge in [-0.05, 0) is 43.7 Å². The zero-order chi connectivity index (χ0) is 17.2. The lowest BCUT2D eigenvalue weighted by Crippen LogP contribution is -2.37. The van der Waals surface area contributed by atoms with Crippen LogP contribution in [0.3, 0.4) is 0 Å². The van der Waals surface area contributed by atoms with Crippen LogP contribution in [0.2, 0.25) is 0 Å². The van der Waals surface area contributed by atoms with Gasteiger partial charge in [-0.2, -0.15) is 0 Å². The lowest BCUT2D eigenvalue weighted by Gasteiger charge is -2.39.